The molecule has 1 aliphatic carbocycles. The van der Waals surface area contributed by atoms with E-state index in [0.29, 0.717) is 11.5 Å². The van der Waals surface area contributed by atoms with Crippen molar-refractivity contribution in [2.45, 2.75) is 72.8 Å². The number of hydrogen-bond donors (Lipinski definition) is 2. The molecule has 0 atom stereocenters. The van der Waals surface area contributed by atoms with Crippen molar-refractivity contribution >= 4 is 5.69 Å². The van der Waals surface area contributed by atoms with Crippen LogP contribution in [0.2, 0.25) is 0 Å². The van der Waals surface area contributed by atoms with E-state index in [0.717, 1.165) is 17.3 Å². The lowest BCUT2D eigenvalue weighted by atomic mass is 9.69. The molecule has 1 aromatic heterocycles. The topological polar surface area (TPSA) is 40.7 Å². The minimum absolute atomic E-state index is 0.506. The number of aromatic amines is 1. The van der Waals surface area contributed by atoms with Gasteiger partial charge in [-0.3, -0.25) is 5.10 Å². The zero-order valence-corrected chi connectivity index (χ0v) is 13.1. The van der Waals surface area contributed by atoms with Gasteiger partial charge in [-0.05, 0) is 50.9 Å². The Morgan fingerprint density at radius 2 is 1.84 bits per heavy atom. The number of hydrogen-bond acceptors (Lipinski definition) is 2. The molecule has 2 rings (SSSR count). The van der Waals surface area contributed by atoms with Crippen molar-refractivity contribution in [3.8, 4) is 0 Å². The van der Waals surface area contributed by atoms with E-state index in [1.165, 1.54) is 37.8 Å². The maximum atomic E-state index is 4.26. The Labute approximate surface area is 117 Å². The van der Waals surface area contributed by atoms with E-state index in [1.807, 2.05) is 0 Å². The molecule has 3 nitrogen and oxygen atoms in total. The van der Waals surface area contributed by atoms with E-state index in [4.69, 9.17) is 0 Å². The van der Waals surface area contributed by atoms with Crippen molar-refractivity contribution in [1.82, 2.24) is 10.2 Å². The summed E-state index contributed by atoms with van der Waals surface area (Å²) in [7, 11) is 0. The lowest BCUT2D eigenvalue weighted by molar-refractivity contribution is 0.147. The van der Waals surface area contributed by atoms with Crippen LogP contribution >= 0.6 is 0 Å². The molecule has 0 unspecified atom stereocenters. The smallest absolute Gasteiger partial charge is 0.0825 e. The van der Waals surface area contributed by atoms with E-state index in [1.54, 1.807) is 0 Å². The number of nitrogens with zero attached hydrogens (tertiary/aromatic N) is 1. The summed E-state index contributed by atoms with van der Waals surface area (Å²) >= 11 is 0. The second kappa shape index (κ2) is 5.56. The zero-order valence-electron chi connectivity index (χ0n) is 13.1. The minimum atomic E-state index is 0.506. The standard InChI is InChI=1S/C16H29N3/c1-6-16(4,5)13-7-9-14(10-8-13)17-15-11(2)18-19-12(15)3/h13-14,17H,6-10H2,1-5H3,(H,18,19). The fraction of sp³-hybridized carbons (Fsp3) is 0.812. The molecular weight excluding hydrogens is 234 g/mol. The Hall–Kier alpha value is -0.990. The fourth-order valence-corrected chi connectivity index (χ4v) is 3.28. The average Bonchev–Trinajstić information content (AvgIpc) is 2.71. The maximum Gasteiger partial charge on any atom is 0.0825 e. The first-order valence-electron chi connectivity index (χ1n) is 7.72. The van der Waals surface area contributed by atoms with Gasteiger partial charge >= 0.3 is 0 Å². The van der Waals surface area contributed by atoms with Crippen LogP contribution in [0, 0.1) is 25.2 Å². The Morgan fingerprint density at radius 1 is 1.21 bits per heavy atom. The van der Waals surface area contributed by atoms with Crippen LogP contribution < -0.4 is 5.32 Å². The summed E-state index contributed by atoms with van der Waals surface area (Å²) in [6, 6.07) is 0.624. The van der Waals surface area contributed by atoms with Crippen LogP contribution in [0.3, 0.4) is 0 Å². The number of anilines is 1. The maximum absolute atomic E-state index is 4.26. The van der Waals surface area contributed by atoms with E-state index in [9.17, 15) is 0 Å². The van der Waals surface area contributed by atoms with E-state index < -0.39 is 0 Å². The Balaban J connectivity index is 1.91. The van der Waals surface area contributed by atoms with E-state index >= 15 is 0 Å². The quantitative estimate of drug-likeness (QED) is 0.843. The van der Waals surface area contributed by atoms with Gasteiger partial charge in [-0.1, -0.05) is 27.2 Å². The van der Waals surface area contributed by atoms with Crippen LogP contribution in [0.25, 0.3) is 0 Å². The largest absolute Gasteiger partial charge is 0.379 e. The van der Waals surface area contributed by atoms with Gasteiger partial charge in [0, 0.05) is 6.04 Å². The second-order valence-electron chi connectivity index (χ2n) is 6.84. The van der Waals surface area contributed by atoms with Crippen LogP contribution in [-0.2, 0) is 0 Å². The van der Waals surface area contributed by atoms with Gasteiger partial charge < -0.3 is 5.32 Å². The molecule has 1 aliphatic rings. The molecule has 108 valence electrons. The average molecular weight is 263 g/mol. The number of H-pyrrole nitrogens is 1. The highest BCUT2D eigenvalue weighted by molar-refractivity contribution is 5.52. The summed E-state index contributed by atoms with van der Waals surface area (Å²) in [5.74, 6) is 0.891. The summed E-state index contributed by atoms with van der Waals surface area (Å²) in [6.45, 7) is 11.3. The van der Waals surface area contributed by atoms with Crippen molar-refractivity contribution in [1.29, 1.82) is 0 Å². The molecule has 3 heteroatoms. The highest BCUT2D eigenvalue weighted by Gasteiger charge is 2.31. The Morgan fingerprint density at radius 3 is 2.32 bits per heavy atom. The Bertz CT molecular complexity index is 392. The molecule has 0 aromatic carbocycles. The summed E-state index contributed by atoms with van der Waals surface area (Å²) in [5.41, 5.74) is 3.98. The summed E-state index contributed by atoms with van der Waals surface area (Å²) in [4.78, 5) is 0. The minimum Gasteiger partial charge on any atom is -0.379 e. The van der Waals surface area contributed by atoms with Crippen molar-refractivity contribution in [3.63, 3.8) is 0 Å². The number of aryl methyl sites for hydroxylation is 2. The van der Waals surface area contributed by atoms with Gasteiger partial charge in [-0.15, -0.1) is 0 Å². The molecule has 0 amide bonds. The third-order valence-electron chi connectivity index (χ3n) is 5.22. The third kappa shape index (κ3) is 3.13. The first-order chi connectivity index (χ1) is 8.94. The molecular formula is C16H29N3. The number of aromatic nitrogens is 2. The highest BCUT2D eigenvalue weighted by Crippen LogP contribution is 2.41. The van der Waals surface area contributed by atoms with Crippen LogP contribution in [0.5, 0.6) is 0 Å². The SMILES string of the molecule is CCC(C)(C)C1CCC(Nc2c(C)n[nH]c2C)CC1. The van der Waals surface area contributed by atoms with Gasteiger partial charge in [0.05, 0.1) is 17.1 Å². The van der Waals surface area contributed by atoms with Gasteiger partial charge in [0.2, 0.25) is 0 Å². The van der Waals surface area contributed by atoms with Gasteiger partial charge in [0.1, 0.15) is 0 Å². The first-order valence-corrected chi connectivity index (χ1v) is 7.72. The van der Waals surface area contributed by atoms with Crippen molar-refractivity contribution in [2.24, 2.45) is 11.3 Å². The van der Waals surface area contributed by atoms with Gasteiger partial charge in [0.15, 0.2) is 0 Å². The normalized spacial score (nSPS) is 24.5. The molecule has 1 aromatic rings. The molecule has 0 radical (unpaired) electrons. The van der Waals surface area contributed by atoms with Gasteiger partial charge in [-0.25, -0.2) is 0 Å². The molecule has 1 saturated carbocycles. The molecule has 1 fully saturated rings. The Kier molecular flexibility index (Phi) is 4.22. The predicted molar refractivity (Wildman–Crippen MR) is 81.5 cm³/mol. The fourth-order valence-electron chi connectivity index (χ4n) is 3.28. The highest BCUT2D eigenvalue weighted by atomic mass is 15.2. The molecule has 0 spiro atoms. The molecule has 0 bridgehead atoms. The number of rotatable bonds is 4. The van der Waals surface area contributed by atoms with E-state index in [2.05, 4.69) is 50.1 Å². The van der Waals surface area contributed by atoms with Gasteiger partial charge in [0.25, 0.3) is 0 Å². The summed E-state index contributed by atoms with van der Waals surface area (Å²) < 4.78 is 0. The zero-order chi connectivity index (χ0) is 14.0. The van der Waals surface area contributed by atoms with Crippen LogP contribution in [0.15, 0.2) is 0 Å². The van der Waals surface area contributed by atoms with Crippen molar-refractivity contribution in [2.75, 3.05) is 5.32 Å². The predicted octanol–water partition coefficient (Wildman–Crippen LogP) is 4.43. The van der Waals surface area contributed by atoms with Crippen molar-refractivity contribution < 1.29 is 0 Å². The first kappa shape index (κ1) is 14.4. The lowest BCUT2D eigenvalue weighted by Crippen LogP contribution is -2.32. The van der Waals surface area contributed by atoms with Gasteiger partial charge in [-0.2, -0.15) is 5.10 Å². The third-order valence-corrected chi connectivity index (χ3v) is 5.22. The number of nitrogens with one attached hydrogen (secondary N) is 2. The summed E-state index contributed by atoms with van der Waals surface area (Å²) in [5, 5.41) is 11.0. The van der Waals surface area contributed by atoms with Crippen LogP contribution in [-0.4, -0.2) is 16.2 Å². The second-order valence-corrected chi connectivity index (χ2v) is 6.84. The lowest BCUT2D eigenvalue weighted by Gasteiger charge is -2.39. The molecule has 0 saturated heterocycles. The molecule has 2 N–H and O–H groups in total. The molecule has 1 heterocycles. The van der Waals surface area contributed by atoms with E-state index in [-0.39, 0.29) is 0 Å². The molecule has 0 aliphatic heterocycles. The van der Waals surface area contributed by atoms with Crippen molar-refractivity contribution in [3.05, 3.63) is 11.4 Å². The summed E-state index contributed by atoms with van der Waals surface area (Å²) in [6.07, 6.45) is 6.58. The van der Waals surface area contributed by atoms with Crippen LogP contribution in [0.4, 0.5) is 5.69 Å². The molecule has 19 heavy (non-hydrogen) atoms. The van der Waals surface area contributed by atoms with Crippen LogP contribution in [0.1, 0.15) is 64.3 Å². The monoisotopic (exact) mass is 263 g/mol.